The van der Waals surface area contributed by atoms with E-state index >= 15 is 0 Å². The van der Waals surface area contributed by atoms with Crippen LogP contribution in [-0.4, -0.2) is 73.2 Å². The first kappa shape index (κ1) is 14.5. The molecule has 108 valence electrons. The van der Waals surface area contributed by atoms with E-state index in [1.807, 2.05) is 6.07 Å². The highest BCUT2D eigenvalue weighted by molar-refractivity contribution is 5.04. The van der Waals surface area contributed by atoms with Crippen molar-refractivity contribution in [1.82, 2.24) is 19.9 Å². The average molecular weight is 267 g/mol. The molecule has 0 aliphatic carbocycles. The lowest BCUT2D eigenvalue weighted by atomic mass is 10.3. The molecule has 2 heterocycles. The van der Waals surface area contributed by atoms with E-state index in [0.717, 1.165) is 57.3 Å². The predicted octanol–water partition coefficient (Wildman–Crippen LogP) is -0.187. The summed E-state index contributed by atoms with van der Waals surface area (Å²) in [5.74, 6) is 0.919. The summed E-state index contributed by atoms with van der Waals surface area (Å²) in [6.45, 7) is 8.01. The Morgan fingerprint density at radius 2 is 1.95 bits per heavy atom. The van der Waals surface area contributed by atoms with Crippen LogP contribution < -0.4 is 5.73 Å². The molecular weight excluding hydrogens is 242 g/mol. The highest BCUT2D eigenvalue weighted by Gasteiger charge is 2.18. The van der Waals surface area contributed by atoms with Gasteiger partial charge >= 0.3 is 0 Å². The maximum Gasteiger partial charge on any atom is 0.151 e. The van der Waals surface area contributed by atoms with E-state index in [1.165, 1.54) is 0 Å². The van der Waals surface area contributed by atoms with E-state index in [9.17, 15) is 0 Å². The summed E-state index contributed by atoms with van der Waals surface area (Å²) >= 11 is 0. The number of likely N-dealkylation sites (N-methyl/N-ethyl adjacent to an activating group) is 1. The van der Waals surface area contributed by atoms with E-state index in [1.54, 1.807) is 0 Å². The molecule has 1 aromatic rings. The van der Waals surface area contributed by atoms with Crippen molar-refractivity contribution >= 4 is 0 Å². The van der Waals surface area contributed by atoms with Crippen molar-refractivity contribution in [3.63, 3.8) is 0 Å². The number of nitrogens with zero attached hydrogens (tertiary/aromatic N) is 4. The van der Waals surface area contributed by atoms with Crippen molar-refractivity contribution in [2.24, 2.45) is 5.73 Å². The van der Waals surface area contributed by atoms with Crippen LogP contribution in [0.5, 0.6) is 0 Å². The van der Waals surface area contributed by atoms with Crippen molar-refractivity contribution in [3.05, 3.63) is 17.5 Å². The minimum atomic E-state index is 0.446. The predicted molar refractivity (Wildman–Crippen MR) is 74.7 cm³/mol. The van der Waals surface area contributed by atoms with Crippen molar-refractivity contribution in [2.45, 2.75) is 13.1 Å². The number of hydrogen-bond acceptors (Lipinski definition) is 6. The molecule has 0 spiro atoms. The molecule has 0 saturated carbocycles. The van der Waals surface area contributed by atoms with Gasteiger partial charge in [-0.3, -0.25) is 9.80 Å². The van der Waals surface area contributed by atoms with Gasteiger partial charge in [0.15, 0.2) is 5.76 Å². The molecule has 0 bridgehead atoms. The number of piperazine rings is 1. The summed E-state index contributed by atoms with van der Waals surface area (Å²) < 4.78 is 5.27. The Balaban J connectivity index is 1.71. The molecule has 1 aliphatic rings. The molecule has 6 heteroatoms. The van der Waals surface area contributed by atoms with Gasteiger partial charge in [0.25, 0.3) is 0 Å². The molecule has 0 aromatic carbocycles. The third kappa shape index (κ3) is 4.58. The zero-order valence-corrected chi connectivity index (χ0v) is 12.0. The topological polar surface area (TPSA) is 61.8 Å². The van der Waals surface area contributed by atoms with Crippen molar-refractivity contribution in [1.29, 1.82) is 0 Å². The molecule has 0 radical (unpaired) electrons. The van der Waals surface area contributed by atoms with Gasteiger partial charge in [0.1, 0.15) is 0 Å². The van der Waals surface area contributed by atoms with Crippen LogP contribution in [0.4, 0.5) is 0 Å². The number of nitrogens with two attached hydrogens (primary N) is 1. The molecule has 2 N–H and O–H groups in total. The maximum atomic E-state index is 5.53. The van der Waals surface area contributed by atoms with Crippen LogP contribution in [0.3, 0.4) is 0 Å². The Labute approximate surface area is 115 Å². The van der Waals surface area contributed by atoms with Crippen LogP contribution in [0.25, 0.3) is 0 Å². The van der Waals surface area contributed by atoms with Gasteiger partial charge in [-0.1, -0.05) is 5.16 Å². The minimum Gasteiger partial charge on any atom is -0.360 e. The first-order chi connectivity index (χ1) is 9.17. The first-order valence-corrected chi connectivity index (χ1v) is 6.91. The number of aromatic nitrogens is 1. The summed E-state index contributed by atoms with van der Waals surface area (Å²) in [4.78, 5) is 7.16. The highest BCUT2D eigenvalue weighted by Crippen LogP contribution is 2.09. The lowest BCUT2D eigenvalue weighted by Gasteiger charge is -2.34. The summed E-state index contributed by atoms with van der Waals surface area (Å²) in [5, 5.41) is 3.92. The van der Waals surface area contributed by atoms with Crippen LogP contribution in [-0.2, 0) is 13.1 Å². The van der Waals surface area contributed by atoms with Crippen LogP contribution in [0.1, 0.15) is 11.5 Å². The molecule has 0 amide bonds. The van der Waals surface area contributed by atoms with Gasteiger partial charge in [-0.15, -0.1) is 0 Å². The summed E-state index contributed by atoms with van der Waals surface area (Å²) in [6.07, 6.45) is 0. The molecule has 19 heavy (non-hydrogen) atoms. The molecule has 1 saturated heterocycles. The normalized spacial score (nSPS) is 18.3. The molecule has 1 fully saturated rings. The lowest BCUT2D eigenvalue weighted by Crippen LogP contribution is -2.47. The van der Waals surface area contributed by atoms with E-state index in [2.05, 4.69) is 34.0 Å². The van der Waals surface area contributed by atoms with Gasteiger partial charge in [-0.05, 0) is 14.1 Å². The standard InChI is InChI=1S/C13H25N5O/c1-16(2)3-4-17-5-7-18(8-6-17)11-13-9-12(10-14)15-19-13/h9H,3-8,10-11,14H2,1-2H3. The Kier molecular flexibility index (Phi) is 5.33. The van der Waals surface area contributed by atoms with Crippen LogP contribution >= 0.6 is 0 Å². The summed E-state index contributed by atoms with van der Waals surface area (Å²) in [6, 6.07) is 1.96. The number of rotatable bonds is 6. The van der Waals surface area contributed by atoms with Crippen molar-refractivity contribution < 1.29 is 4.52 Å². The molecular formula is C13H25N5O. The zero-order chi connectivity index (χ0) is 13.7. The van der Waals surface area contributed by atoms with Gasteiger partial charge in [0.05, 0.1) is 12.2 Å². The molecule has 2 rings (SSSR count). The van der Waals surface area contributed by atoms with Crippen LogP contribution in [0.2, 0.25) is 0 Å². The van der Waals surface area contributed by atoms with E-state index in [4.69, 9.17) is 10.3 Å². The summed E-state index contributed by atoms with van der Waals surface area (Å²) in [7, 11) is 4.24. The van der Waals surface area contributed by atoms with E-state index in [0.29, 0.717) is 6.54 Å². The first-order valence-electron chi connectivity index (χ1n) is 6.91. The Bertz CT molecular complexity index is 371. The SMILES string of the molecule is CN(C)CCN1CCN(Cc2cc(CN)no2)CC1. The second-order valence-corrected chi connectivity index (χ2v) is 5.41. The van der Waals surface area contributed by atoms with Gasteiger partial charge in [0, 0.05) is 51.9 Å². The zero-order valence-electron chi connectivity index (χ0n) is 12.0. The van der Waals surface area contributed by atoms with Gasteiger partial charge in [-0.2, -0.15) is 0 Å². The quantitative estimate of drug-likeness (QED) is 0.771. The number of hydrogen-bond donors (Lipinski definition) is 1. The maximum absolute atomic E-state index is 5.53. The molecule has 1 aliphatic heterocycles. The molecule has 6 nitrogen and oxygen atoms in total. The highest BCUT2D eigenvalue weighted by atomic mass is 16.5. The third-order valence-corrected chi connectivity index (χ3v) is 3.52. The largest absolute Gasteiger partial charge is 0.360 e. The van der Waals surface area contributed by atoms with E-state index < -0.39 is 0 Å². The Hall–Kier alpha value is -0.950. The van der Waals surface area contributed by atoms with E-state index in [-0.39, 0.29) is 0 Å². The lowest BCUT2D eigenvalue weighted by molar-refractivity contribution is 0.113. The Morgan fingerprint density at radius 3 is 2.53 bits per heavy atom. The van der Waals surface area contributed by atoms with Gasteiger partial charge in [-0.25, -0.2) is 0 Å². The second-order valence-electron chi connectivity index (χ2n) is 5.41. The van der Waals surface area contributed by atoms with Crippen molar-refractivity contribution in [3.8, 4) is 0 Å². The molecule has 1 aromatic heterocycles. The smallest absolute Gasteiger partial charge is 0.151 e. The van der Waals surface area contributed by atoms with Gasteiger partial charge < -0.3 is 15.2 Å². The minimum absolute atomic E-state index is 0.446. The van der Waals surface area contributed by atoms with Crippen LogP contribution in [0.15, 0.2) is 10.6 Å². The second kappa shape index (κ2) is 7.00. The molecule has 0 unspecified atom stereocenters. The third-order valence-electron chi connectivity index (χ3n) is 3.52. The fourth-order valence-electron chi connectivity index (χ4n) is 2.26. The van der Waals surface area contributed by atoms with Crippen LogP contribution in [0, 0.1) is 0 Å². The summed E-state index contributed by atoms with van der Waals surface area (Å²) in [5.41, 5.74) is 6.36. The monoisotopic (exact) mass is 267 g/mol. The fraction of sp³-hybridized carbons (Fsp3) is 0.769. The average Bonchev–Trinajstić information content (AvgIpc) is 2.85. The molecule has 0 atom stereocenters. The van der Waals surface area contributed by atoms with Crippen molar-refractivity contribution in [2.75, 3.05) is 53.4 Å². The Morgan fingerprint density at radius 1 is 1.26 bits per heavy atom. The van der Waals surface area contributed by atoms with Gasteiger partial charge in [0.2, 0.25) is 0 Å². The fourth-order valence-corrected chi connectivity index (χ4v) is 2.26.